The van der Waals surface area contributed by atoms with E-state index in [0.717, 1.165) is 129 Å². The minimum Gasteiger partial charge on any atom is -0.384 e. The Labute approximate surface area is 532 Å². The van der Waals surface area contributed by atoms with Gasteiger partial charge < -0.3 is 56.4 Å². The van der Waals surface area contributed by atoms with Gasteiger partial charge in [0.1, 0.15) is 17.5 Å². The fourth-order valence-corrected chi connectivity index (χ4v) is 13.0. The molecule has 472 valence electrons. The Bertz CT molecular complexity index is 3630. The Balaban J connectivity index is 0.000000163. The van der Waals surface area contributed by atoms with Gasteiger partial charge in [-0.25, -0.2) is 24.3 Å². The van der Waals surface area contributed by atoms with Crippen LogP contribution < -0.4 is 32.7 Å². The number of nitrogens with zero attached hydrogens (tertiary/aromatic N) is 8. The van der Waals surface area contributed by atoms with Crippen molar-refractivity contribution < 1.29 is 23.7 Å². The number of pyridine rings is 3. The molecule has 9 N–H and O–H groups in total. The lowest BCUT2D eigenvalue weighted by molar-refractivity contribution is -0.0384. The molecule has 0 aromatic carbocycles. The second-order valence-electron chi connectivity index (χ2n) is 25.6. The molecule has 2 unspecified atom stereocenters. The summed E-state index contributed by atoms with van der Waals surface area (Å²) in [6, 6.07) is 18.4. The molecule has 0 bridgehead atoms. The van der Waals surface area contributed by atoms with Crippen molar-refractivity contribution in [2.24, 2.45) is 5.73 Å². The number of rotatable bonds is 17. The molecule has 0 amide bonds. The summed E-state index contributed by atoms with van der Waals surface area (Å²) in [5, 5.41) is 30.1. The van der Waals surface area contributed by atoms with Crippen LogP contribution in [0.5, 0.6) is 0 Å². The van der Waals surface area contributed by atoms with E-state index in [1.165, 1.54) is 12.8 Å². The Morgan fingerprint density at radius 2 is 1.05 bits per heavy atom. The molecule has 2 aliphatic rings. The Morgan fingerprint density at radius 3 is 1.49 bits per heavy atom. The van der Waals surface area contributed by atoms with E-state index in [1.807, 2.05) is 67.7 Å². The summed E-state index contributed by atoms with van der Waals surface area (Å²) in [6.45, 7) is 28.5. The van der Waals surface area contributed by atoms with E-state index in [-0.39, 0.29) is 40.3 Å². The average Bonchev–Trinajstić information content (AvgIpc) is 2.01. The second kappa shape index (κ2) is 28.8. The minimum absolute atomic E-state index is 0.00476. The SMILES string of the molecule is CC(C)(C)Nc1cc(Br)c2sc(-c3ccnn3C3CCCCO3)cc2n1.COC(C)(C)CN.COC(C)(C)CNc1cc(N)nc2cc(-c3ccn[nH]3)sc12.COC(C)(C)CNc1cc(NC(C)(C)C)nc2cc(-c3ccnn3C3CCCCO3)sc12. The first-order valence-electron chi connectivity index (χ1n) is 29.6. The Morgan fingerprint density at radius 1 is 0.586 bits per heavy atom. The molecule has 11 rings (SSSR count). The quantitative estimate of drug-likeness (QED) is 0.0448. The lowest BCUT2D eigenvalue weighted by Crippen LogP contribution is -2.32. The van der Waals surface area contributed by atoms with Crippen LogP contribution in [-0.4, -0.2) is 127 Å². The van der Waals surface area contributed by atoms with Gasteiger partial charge in [-0.05, 0) is 180 Å². The molecule has 9 aromatic heterocycles. The van der Waals surface area contributed by atoms with Crippen molar-refractivity contribution in [3.8, 4) is 31.7 Å². The largest absolute Gasteiger partial charge is 0.384 e. The molecule has 0 spiro atoms. The zero-order chi connectivity index (χ0) is 62.9. The molecule has 2 saturated heterocycles. The van der Waals surface area contributed by atoms with Crippen LogP contribution >= 0.6 is 49.9 Å². The van der Waals surface area contributed by atoms with E-state index >= 15 is 0 Å². The summed E-state index contributed by atoms with van der Waals surface area (Å²) in [5.74, 6) is 2.24. The highest BCUT2D eigenvalue weighted by Crippen LogP contribution is 2.42. The molecule has 0 saturated carbocycles. The van der Waals surface area contributed by atoms with Crippen LogP contribution in [0.4, 0.5) is 28.8 Å². The van der Waals surface area contributed by atoms with Crippen LogP contribution in [0.2, 0.25) is 0 Å². The van der Waals surface area contributed by atoms with Gasteiger partial charge in [-0.3, -0.25) is 5.10 Å². The maximum absolute atomic E-state index is 6.00. The van der Waals surface area contributed by atoms with Crippen LogP contribution in [0.3, 0.4) is 0 Å². The topological polar surface area (TPSA) is 249 Å². The number of methoxy groups -OCH3 is 3. The molecule has 2 fully saturated rings. The Kier molecular flexibility index (Phi) is 22.2. The minimum atomic E-state index is -0.274. The zero-order valence-corrected chi connectivity index (χ0v) is 57.3. The highest BCUT2D eigenvalue weighted by atomic mass is 79.9. The number of hydrogen-bond donors (Lipinski definition) is 7. The molecule has 11 heterocycles. The van der Waals surface area contributed by atoms with Crippen molar-refractivity contribution in [3.05, 3.63) is 77.7 Å². The number of thiophene rings is 3. The number of aromatic amines is 1. The number of anilines is 5. The van der Waals surface area contributed by atoms with Gasteiger partial charge in [-0.2, -0.15) is 15.3 Å². The van der Waals surface area contributed by atoms with Crippen molar-refractivity contribution in [1.29, 1.82) is 0 Å². The van der Waals surface area contributed by atoms with Crippen LogP contribution in [0.15, 0.2) is 77.7 Å². The van der Waals surface area contributed by atoms with Crippen LogP contribution in [0, 0.1) is 0 Å². The highest BCUT2D eigenvalue weighted by molar-refractivity contribution is 9.10. The fourth-order valence-electron chi connectivity index (χ4n) is 9.14. The summed E-state index contributed by atoms with van der Waals surface area (Å²) in [5.41, 5.74) is 18.5. The van der Waals surface area contributed by atoms with E-state index in [1.54, 1.807) is 61.5 Å². The van der Waals surface area contributed by atoms with Gasteiger partial charge in [-0.1, -0.05) is 0 Å². The van der Waals surface area contributed by atoms with Gasteiger partial charge in [0.15, 0.2) is 12.5 Å². The van der Waals surface area contributed by atoms with Gasteiger partial charge in [0.2, 0.25) is 0 Å². The monoisotopic (exact) mass is 1310 g/mol. The van der Waals surface area contributed by atoms with E-state index in [2.05, 4.69) is 154 Å². The average molecular weight is 1310 g/mol. The summed E-state index contributed by atoms with van der Waals surface area (Å²) >= 11 is 8.83. The van der Waals surface area contributed by atoms with E-state index < -0.39 is 0 Å². The summed E-state index contributed by atoms with van der Waals surface area (Å²) < 4.78 is 36.4. The van der Waals surface area contributed by atoms with Crippen LogP contribution in [-0.2, 0) is 23.7 Å². The molecular formula is C63H90BrN15O5S3. The molecular weight excluding hydrogens is 1220 g/mol. The number of hydrogen-bond acceptors (Lipinski definition) is 20. The number of aromatic nitrogens is 9. The van der Waals surface area contributed by atoms with Crippen molar-refractivity contribution in [3.63, 3.8) is 0 Å². The van der Waals surface area contributed by atoms with E-state index in [0.29, 0.717) is 25.5 Å². The Hall–Kier alpha value is -5.80. The van der Waals surface area contributed by atoms with Gasteiger partial charge in [0, 0.05) is 100 Å². The van der Waals surface area contributed by atoms with Crippen LogP contribution in [0.25, 0.3) is 62.4 Å². The number of nitrogens with two attached hydrogens (primary N) is 2. The number of fused-ring (bicyclic) bond motifs is 3. The third kappa shape index (κ3) is 18.4. The van der Waals surface area contributed by atoms with Crippen molar-refractivity contribution in [1.82, 2.24) is 44.7 Å². The van der Waals surface area contributed by atoms with Crippen LogP contribution in [0.1, 0.15) is 134 Å². The zero-order valence-electron chi connectivity index (χ0n) is 53.2. The maximum atomic E-state index is 6.00. The lowest BCUT2D eigenvalue weighted by Gasteiger charge is -2.25. The molecule has 0 radical (unpaired) electrons. The van der Waals surface area contributed by atoms with Gasteiger partial charge >= 0.3 is 0 Å². The molecule has 24 heteroatoms. The third-order valence-electron chi connectivity index (χ3n) is 14.4. The first kappa shape index (κ1) is 67.1. The second-order valence-corrected chi connectivity index (χ2v) is 29.6. The first-order chi connectivity index (χ1) is 41.2. The molecule has 2 aliphatic heterocycles. The fraction of sp³-hybridized carbons (Fsp3) is 0.524. The van der Waals surface area contributed by atoms with E-state index in [4.69, 9.17) is 45.1 Å². The van der Waals surface area contributed by atoms with Gasteiger partial charge in [-0.15, -0.1) is 34.0 Å². The number of halogens is 1. The summed E-state index contributed by atoms with van der Waals surface area (Å²) in [4.78, 5) is 17.5. The number of H-pyrrole nitrogens is 1. The normalized spacial score (nSPS) is 16.0. The number of nitrogens with one attached hydrogen (secondary N) is 5. The molecule has 20 nitrogen and oxygen atoms in total. The standard InChI is InChI=1S/C24H35N5O2S.C19H23BrN4OS.C15H19N5OS.C5H13NO/c1-23(2,3)28-20-14-16(25-15-24(4,5)30-6)22-17(27-20)13-19(32-22)18-10-11-26-29(18)21-9-7-8-12-31-21;1-19(2,3)23-16-10-12(20)18-13(22-16)11-15(26-18)14-7-8-21-24(14)17-6-4-5-9-25-17;1-15(2,21-3)8-17-10-7-13(16)19-11-6-12(22-14(10)11)9-4-5-18-20-9;1-5(2,4-6)7-3/h10-11,13-14,21H,7-9,12,15H2,1-6H3,(H2,25,27,28);7-8,10-11,17H,4-6,9H2,1-3H3,(H,22,23);4-7H,8H2,1-3H3,(H,18,20)(H3,16,17,19);4,6H2,1-3H3. The first-order valence-corrected chi connectivity index (χ1v) is 32.9. The summed E-state index contributed by atoms with van der Waals surface area (Å²) in [7, 11) is 5.11. The molecule has 9 aromatic rings. The third-order valence-corrected chi connectivity index (χ3v) is 18.9. The predicted molar refractivity (Wildman–Crippen MR) is 365 cm³/mol. The predicted octanol–water partition coefficient (Wildman–Crippen LogP) is 15.2. The van der Waals surface area contributed by atoms with Crippen molar-refractivity contribution in [2.45, 2.75) is 162 Å². The number of nitrogen functional groups attached to an aromatic ring is 1. The maximum Gasteiger partial charge on any atom is 0.150 e. The molecule has 0 aliphatic carbocycles. The van der Waals surface area contributed by atoms with Gasteiger partial charge in [0.25, 0.3) is 0 Å². The van der Waals surface area contributed by atoms with Gasteiger partial charge in [0.05, 0.1) is 90.5 Å². The highest BCUT2D eigenvalue weighted by Gasteiger charge is 2.26. The smallest absolute Gasteiger partial charge is 0.150 e. The van der Waals surface area contributed by atoms with E-state index in [9.17, 15) is 0 Å². The summed E-state index contributed by atoms with van der Waals surface area (Å²) in [6.07, 6.45) is 12.1. The number of ether oxygens (including phenoxy) is 5. The van der Waals surface area contributed by atoms with Crippen molar-refractivity contribution in [2.75, 3.05) is 81.2 Å². The molecule has 2 atom stereocenters. The van der Waals surface area contributed by atoms with Crippen molar-refractivity contribution >= 4 is 109 Å². The molecule has 87 heavy (non-hydrogen) atoms. The lowest BCUT2D eigenvalue weighted by atomic mass is 10.1.